The van der Waals surface area contributed by atoms with Crippen LogP contribution in [0, 0.1) is 0 Å². The van der Waals surface area contributed by atoms with Crippen molar-refractivity contribution in [2.75, 3.05) is 12.4 Å². The van der Waals surface area contributed by atoms with Crippen LogP contribution in [0.4, 0.5) is 5.69 Å². The Hall–Kier alpha value is -4.28. The normalized spacial score (nSPS) is 17.5. The molecule has 0 aliphatic heterocycles. The molecule has 4 heterocycles. The lowest BCUT2D eigenvalue weighted by atomic mass is 9.92. The van der Waals surface area contributed by atoms with Crippen molar-refractivity contribution in [3.8, 4) is 16.8 Å². The number of nitrogens with one attached hydrogen (secondary N) is 1. The van der Waals surface area contributed by atoms with Gasteiger partial charge in [0.15, 0.2) is 5.65 Å². The van der Waals surface area contributed by atoms with E-state index in [1.807, 2.05) is 45.9 Å². The molecule has 4 N–H and O–H groups in total. The standard InChI is InChI=1S/C31H35N7O3/c1-18(2)28-27-24(20-14-19-11-13-37(17-41-3)30(19)34-16-20)10-12-33-31(27)38(36-28)22-6-9-25(29(32)40)26(15-22)35-21-4-7-23(39)8-5-21/h6,9-16,18,21,23,35,39H,4-5,7-8,17H2,1-3H3,(H2,32,40)/t21-,23-. The largest absolute Gasteiger partial charge is 0.393 e. The number of amides is 1. The molecule has 1 aliphatic carbocycles. The quantitative estimate of drug-likeness (QED) is 0.247. The van der Waals surface area contributed by atoms with Crippen molar-refractivity contribution in [3.05, 3.63) is 66.2 Å². The number of hydrogen-bond donors (Lipinski definition) is 3. The smallest absolute Gasteiger partial charge is 0.250 e. The van der Waals surface area contributed by atoms with Crippen LogP contribution in [-0.4, -0.2) is 54.6 Å². The monoisotopic (exact) mass is 553 g/mol. The fourth-order valence-electron chi connectivity index (χ4n) is 5.80. The maximum Gasteiger partial charge on any atom is 0.250 e. The third-order valence-electron chi connectivity index (χ3n) is 7.89. The highest BCUT2D eigenvalue weighted by molar-refractivity contribution is 6.00. The first-order chi connectivity index (χ1) is 19.8. The predicted octanol–water partition coefficient (Wildman–Crippen LogP) is 4.98. The van der Waals surface area contributed by atoms with Gasteiger partial charge in [-0.1, -0.05) is 13.8 Å². The van der Waals surface area contributed by atoms with E-state index in [0.717, 1.165) is 70.3 Å². The molecule has 0 unspecified atom stereocenters. The molecule has 212 valence electrons. The van der Waals surface area contributed by atoms with Crippen LogP contribution in [0.15, 0.2) is 55.0 Å². The second-order valence-electron chi connectivity index (χ2n) is 11.1. The molecule has 5 aromatic rings. The first-order valence-corrected chi connectivity index (χ1v) is 14.0. The molecular weight excluding hydrogens is 518 g/mol. The first kappa shape index (κ1) is 26.9. The van der Waals surface area contributed by atoms with Crippen molar-refractivity contribution in [1.82, 2.24) is 24.3 Å². The van der Waals surface area contributed by atoms with Crippen molar-refractivity contribution >= 4 is 33.7 Å². The van der Waals surface area contributed by atoms with Gasteiger partial charge < -0.3 is 25.5 Å². The minimum atomic E-state index is -0.495. The van der Waals surface area contributed by atoms with E-state index in [-0.39, 0.29) is 18.1 Å². The van der Waals surface area contributed by atoms with Crippen molar-refractivity contribution in [3.63, 3.8) is 0 Å². The summed E-state index contributed by atoms with van der Waals surface area (Å²) in [6.45, 7) is 4.68. The van der Waals surface area contributed by atoms with Gasteiger partial charge in [0, 0.05) is 48.4 Å². The molecule has 1 saturated carbocycles. The van der Waals surface area contributed by atoms with Gasteiger partial charge in [0.05, 0.1) is 28.4 Å². The number of benzene rings is 1. The van der Waals surface area contributed by atoms with Crippen LogP contribution in [0.25, 0.3) is 38.9 Å². The highest BCUT2D eigenvalue weighted by Crippen LogP contribution is 2.36. The van der Waals surface area contributed by atoms with Crippen molar-refractivity contribution in [2.45, 2.75) is 64.3 Å². The summed E-state index contributed by atoms with van der Waals surface area (Å²) in [4.78, 5) is 21.8. The zero-order valence-electron chi connectivity index (χ0n) is 23.5. The molecule has 1 amide bonds. The number of aliphatic hydroxyl groups is 1. The molecule has 1 aromatic carbocycles. The van der Waals surface area contributed by atoms with E-state index in [1.54, 1.807) is 19.4 Å². The number of primary amides is 1. The molecule has 10 heteroatoms. The van der Waals surface area contributed by atoms with Crippen molar-refractivity contribution in [1.29, 1.82) is 0 Å². The van der Waals surface area contributed by atoms with Crippen LogP contribution in [0.5, 0.6) is 0 Å². The van der Waals surface area contributed by atoms with Crippen molar-refractivity contribution in [2.24, 2.45) is 5.73 Å². The Bertz CT molecular complexity index is 1730. The summed E-state index contributed by atoms with van der Waals surface area (Å²) in [5.41, 5.74) is 12.1. The van der Waals surface area contributed by atoms with Gasteiger partial charge in [0.2, 0.25) is 0 Å². The molecule has 0 bridgehead atoms. The van der Waals surface area contributed by atoms with Crippen LogP contribution in [-0.2, 0) is 11.5 Å². The first-order valence-electron chi connectivity index (χ1n) is 14.0. The second-order valence-corrected chi connectivity index (χ2v) is 11.1. The maximum absolute atomic E-state index is 12.3. The third-order valence-corrected chi connectivity index (χ3v) is 7.89. The summed E-state index contributed by atoms with van der Waals surface area (Å²) in [7, 11) is 1.67. The number of aliphatic hydroxyl groups excluding tert-OH is 1. The molecule has 10 nitrogen and oxygen atoms in total. The van der Waals surface area contributed by atoms with Gasteiger partial charge in [-0.05, 0) is 73.6 Å². The van der Waals surface area contributed by atoms with Gasteiger partial charge in [-0.25, -0.2) is 14.6 Å². The van der Waals surface area contributed by atoms with Gasteiger partial charge in [0.25, 0.3) is 5.91 Å². The Kier molecular flexibility index (Phi) is 7.19. The van der Waals surface area contributed by atoms with Crippen LogP contribution in [0.1, 0.15) is 61.5 Å². The number of aromatic nitrogens is 5. The topological polar surface area (TPSA) is 133 Å². The number of carbonyl (C=O) groups is 1. The van der Waals surface area contributed by atoms with Gasteiger partial charge in [-0.3, -0.25) is 4.79 Å². The predicted molar refractivity (Wildman–Crippen MR) is 159 cm³/mol. The lowest BCUT2D eigenvalue weighted by molar-refractivity contribution is 0.100. The average molecular weight is 554 g/mol. The van der Waals surface area contributed by atoms with E-state index in [2.05, 4.69) is 25.2 Å². The Morgan fingerprint density at radius 3 is 2.66 bits per heavy atom. The molecule has 4 aromatic heterocycles. The molecule has 1 aliphatic rings. The van der Waals surface area contributed by atoms with E-state index in [9.17, 15) is 9.90 Å². The Morgan fingerprint density at radius 1 is 1.12 bits per heavy atom. The number of nitrogens with zero attached hydrogens (tertiary/aromatic N) is 5. The Balaban J connectivity index is 1.46. The number of carbonyl (C=O) groups excluding carboxylic acids is 1. The fourth-order valence-corrected chi connectivity index (χ4v) is 5.80. The lowest BCUT2D eigenvalue weighted by Gasteiger charge is -2.27. The zero-order chi connectivity index (χ0) is 28.7. The number of nitrogens with two attached hydrogens (primary N) is 1. The van der Waals surface area contributed by atoms with Gasteiger partial charge in [0.1, 0.15) is 12.4 Å². The number of fused-ring (bicyclic) bond motifs is 2. The van der Waals surface area contributed by atoms with E-state index >= 15 is 0 Å². The van der Waals surface area contributed by atoms with Crippen LogP contribution >= 0.6 is 0 Å². The summed E-state index contributed by atoms with van der Waals surface area (Å²) in [5.74, 6) is -0.358. The van der Waals surface area contributed by atoms with E-state index < -0.39 is 5.91 Å². The Morgan fingerprint density at radius 2 is 1.93 bits per heavy atom. The zero-order valence-corrected chi connectivity index (χ0v) is 23.5. The molecule has 0 spiro atoms. The molecule has 0 saturated heterocycles. The van der Waals surface area contributed by atoms with Gasteiger partial charge in [-0.2, -0.15) is 5.10 Å². The molecule has 1 fully saturated rings. The lowest BCUT2D eigenvalue weighted by Crippen LogP contribution is -2.29. The number of hydrogen-bond acceptors (Lipinski definition) is 7. The van der Waals surface area contributed by atoms with Crippen molar-refractivity contribution < 1.29 is 14.6 Å². The minimum absolute atomic E-state index is 0.136. The summed E-state index contributed by atoms with van der Waals surface area (Å²) < 4.78 is 9.10. The molecular formula is C31H35N7O3. The van der Waals surface area contributed by atoms with Crippen LogP contribution < -0.4 is 11.1 Å². The second kappa shape index (κ2) is 10.9. The number of pyridine rings is 2. The average Bonchev–Trinajstić information content (AvgIpc) is 3.56. The summed E-state index contributed by atoms with van der Waals surface area (Å²) in [6.07, 6.45) is 8.50. The number of anilines is 1. The number of methoxy groups -OCH3 is 1. The molecule has 0 radical (unpaired) electrons. The van der Waals surface area contributed by atoms with E-state index in [1.165, 1.54) is 0 Å². The summed E-state index contributed by atoms with van der Waals surface area (Å²) in [6, 6.07) is 11.9. The Labute approximate surface area is 238 Å². The summed E-state index contributed by atoms with van der Waals surface area (Å²) in [5, 5.41) is 20.5. The highest BCUT2D eigenvalue weighted by atomic mass is 16.5. The van der Waals surface area contributed by atoms with Gasteiger partial charge in [-0.15, -0.1) is 0 Å². The molecule has 6 rings (SSSR count). The molecule has 41 heavy (non-hydrogen) atoms. The fraction of sp³-hybridized carbons (Fsp3) is 0.355. The highest BCUT2D eigenvalue weighted by Gasteiger charge is 2.23. The van der Waals surface area contributed by atoms with Crippen LogP contribution in [0.2, 0.25) is 0 Å². The minimum Gasteiger partial charge on any atom is -0.393 e. The number of rotatable bonds is 8. The van der Waals surface area contributed by atoms with E-state index in [0.29, 0.717) is 18.0 Å². The summed E-state index contributed by atoms with van der Waals surface area (Å²) >= 11 is 0. The van der Waals surface area contributed by atoms with Gasteiger partial charge >= 0.3 is 0 Å². The molecule has 0 atom stereocenters. The third kappa shape index (κ3) is 5.05. The van der Waals surface area contributed by atoms with E-state index in [4.69, 9.17) is 25.5 Å². The SMILES string of the molecule is COCn1ccc2cc(-c3ccnc4c3c(C(C)C)nn4-c3ccc(C(N)=O)c(N[C@H]4CC[C@H](O)CC4)c3)cnc21. The maximum atomic E-state index is 12.3. The number of ether oxygens (including phenoxy) is 1. The van der Waals surface area contributed by atoms with Crippen LogP contribution in [0.3, 0.4) is 0 Å².